The zero-order chi connectivity index (χ0) is 19.6. The number of carbonyl (C=O) groups is 3. The van der Waals surface area contributed by atoms with Crippen molar-refractivity contribution >= 4 is 23.3 Å². The lowest BCUT2D eigenvalue weighted by Crippen LogP contribution is -2.19. The number of hydrogen-bond acceptors (Lipinski definition) is 4. The number of carbonyl (C=O) groups excluding carboxylic acids is 3. The first kappa shape index (κ1) is 20.2. The molecule has 0 radical (unpaired) electrons. The molecule has 2 aromatic rings. The van der Waals surface area contributed by atoms with Crippen molar-refractivity contribution in [2.45, 2.75) is 26.2 Å². The topological polar surface area (TPSA) is 84.5 Å². The Morgan fingerprint density at radius 1 is 0.889 bits per heavy atom. The smallest absolute Gasteiger partial charge is 0.224 e. The van der Waals surface area contributed by atoms with Gasteiger partial charge in [-0.15, -0.1) is 0 Å². The van der Waals surface area contributed by atoms with Gasteiger partial charge in [0.1, 0.15) is 5.75 Å². The Hall–Kier alpha value is -3.15. The summed E-state index contributed by atoms with van der Waals surface area (Å²) in [5.41, 5.74) is 2.05. The van der Waals surface area contributed by atoms with Gasteiger partial charge in [-0.05, 0) is 48.9 Å². The third-order valence-corrected chi connectivity index (χ3v) is 3.95. The second-order valence-electron chi connectivity index (χ2n) is 5.98. The molecular formula is C21H24N2O4. The van der Waals surface area contributed by atoms with Crippen LogP contribution in [0.4, 0.5) is 5.69 Å². The van der Waals surface area contributed by atoms with Crippen molar-refractivity contribution in [2.75, 3.05) is 19.0 Å². The zero-order valence-corrected chi connectivity index (χ0v) is 15.6. The quantitative estimate of drug-likeness (QED) is 0.667. The van der Waals surface area contributed by atoms with E-state index in [1.807, 2.05) is 6.92 Å². The summed E-state index contributed by atoms with van der Waals surface area (Å²) < 4.78 is 5.34. The van der Waals surface area contributed by atoms with Crippen LogP contribution < -0.4 is 15.4 Å². The van der Waals surface area contributed by atoms with Gasteiger partial charge < -0.3 is 15.4 Å². The van der Waals surface area contributed by atoms with Crippen molar-refractivity contribution in [3.05, 3.63) is 59.7 Å². The minimum absolute atomic E-state index is 0.0698. The molecule has 0 aliphatic heterocycles. The van der Waals surface area contributed by atoms with Gasteiger partial charge in [0.2, 0.25) is 11.8 Å². The number of ketones is 1. The Morgan fingerprint density at radius 2 is 1.56 bits per heavy atom. The summed E-state index contributed by atoms with van der Waals surface area (Å²) >= 11 is 0. The minimum Gasteiger partial charge on any atom is -0.494 e. The largest absolute Gasteiger partial charge is 0.494 e. The van der Waals surface area contributed by atoms with Crippen molar-refractivity contribution in [1.29, 1.82) is 0 Å². The van der Waals surface area contributed by atoms with E-state index in [4.69, 9.17) is 4.74 Å². The molecule has 0 saturated heterocycles. The second kappa shape index (κ2) is 10.1. The fourth-order valence-corrected chi connectivity index (χ4v) is 2.48. The number of hydrogen-bond donors (Lipinski definition) is 2. The van der Waals surface area contributed by atoms with E-state index in [-0.39, 0.29) is 30.4 Å². The van der Waals surface area contributed by atoms with E-state index in [2.05, 4.69) is 10.6 Å². The molecular weight excluding hydrogens is 344 g/mol. The summed E-state index contributed by atoms with van der Waals surface area (Å²) in [4.78, 5) is 35.6. The molecule has 0 aromatic heterocycles. The van der Waals surface area contributed by atoms with Crippen LogP contribution in [0.5, 0.6) is 5.75 Å². The number of rotatable bonds is 9. The molecule has 0 unspecified atom stereocenters. The third kappa shape index (κ3) is 6.58. The van der Waals surface area contributed by atoms with Crippen molar-refractivity contribution < 1.29 is 19.1 Å². The molecule has 6 nitrogen and oxygen atoms in total. The number of anilines is 1. The van der Waals surface area contributed by atoms with E-state index in [1.54, 1.807) is 55.6 Å². The molecule has 0 fully saturated rings. The van der Waals surface area contributed by atoms with Crippen LogP contribution in [-0.4, -0.2) is 31.3 Å². The van der Waals surface area contributed by atoms with Crippen LogP contribution in [0.15, 0.2) is 48.5 Å². The van der Waals surface area contributed by atoms with Gasteiger partial charge in [0.05, 0.1) is 13.0 Å². The number of likely N-dealkylation sites (N-methyl/N-ethyl adjacent to an activating group) is 1. The van der Waals surface area contributed by atoms with Crippen LogP contribution in [0, 0.1) is 0 Å². The van der Waals surface area contributed by atoms with Gasteiger partial charge in [-0.1, -0.05) is 12.1 Å². The highest BCUT2D eigenvalue weighted by Crippen LogP contribution is 2.15. The number of nitrogens with one attached hydrogen (secondary N) is 2. The lowest BCUT2D eigenvalue weighted by molar-refractivity contribution is -0.120. The van der Waals surface area contributed by atoms with Crippen molar-refractivity contribution in [3.63, 3.8) is 0 Å². The van der Waals surface area contributed by atoms with Gasteiger partial charge in [0.25, 0.3) is 0 Å². The summed E-state index contributed by atoms with van der Waals surface area (Å²) in [6.07, 6.45) is 0.530. The standard InChI is InChI=1S/C21H24N2O4/c1-3-27-18-10-6-16(7-11-18)19(24)12-13-20(25)23-17-8-4-15(5-9-17)14-21(26)22-2/h4-11H,3,12-14H2,1-2H3,(H,22,26)(H,23,25). The molecule has 0 atom stereocenters. The Labute approximate surface area is 158 Å². The van der Waals surface area contributed by atoms with Crippen LogP contribution in [0.2, 0.25) is 0 Å². The average Bonchev–Trinajstić information content (AvgIpc) is 2.68. The van der Waals surface area contributed by atoms with Crippen LogP contribution in [0.25, 0.3) is 0 Å². The highest BCUT2D eigenvalue weighted by molar-refractivity contribution is 6.00. The molecule has 6 heteroatoms. The minimum atomic E-state index is -0.228. The lowest BCUT2D eigenvalue weighted by atomic mass is 10.1. The number of Topliss-reactive ketones (excluding diaryl/α,β-unsaturated/α-hetero) is 1. The SMILES string of the molecule is CCOc1ccc(C(=O)CCC(=O)Nc2ccc(CC(=O)NC)cc2)cc1. The van der Waals surface area contributed by atoms with E-state index in [1.165, 1.54) is 0 Å². The highest BCUT2D eigenvalue weighted by Gasteiger charge is 2.10. The van der Waals surface area contributed by atoms with Gasteiger partial charge in [-0.25, -0.2) is 0 Å². The fraction of sp³-hybridized carbons (Fsp3) is 0.286. The van der Waals surface area contributed by atoms with E-state index in [0.29, 0.717) is 30.0 Å². The van der Waals surface area contributed by atoms with Gasteiger partial charge >= 0.3 is 0 Å². The van der Waals surface area contributed by atoms with Crippen molar-refractivity contribution in [1.82, 2.24) is 5.32 Å². The Morgan fingerprint density at radius 3 is 2.15 bits per heavy atom. The van der Waals surface area contributed by atoms with Crippen LogP contribution in [-0.2, 0) is 16.0 Å². The predicted molar refractivity (Wildman–Crippen MR) is 104 cm³/mol. The van der Waals surface area contributed by atoms with Gasteiger partial charge in [-0.2, -0.15) is 0 Å². The summed E-state index contributed by atoms with van der Waals surface area (Å²) in [5, 5.41) is 5.32. The highest BCUT2D eigenvalue weighted by atomic mass is 16.5. The Bertz CT molecular complexity index is 783. The van der Waals surface area contributed by atoms with Crippen molar-refractivity contribution in [2.24, 2.45) is 0 Å². The molecule has 0 heterocycles. The van der Waals surface area contributed by atoms with E-state index >= 15 is 0 Å². The Kier molecular flexibility index (Phi) is 7.55. The maximum atomic E-state index is 12.2. The van der Waals surface area contributed by atoms with Crippen LogP contribution >= 0.6 is 0 Å². The van der Waals surface area contributed by atoms with Gasteiger partial charge in [0, 0.05) is 31.1 Å². The molecule has 27 heavy (non-hydrogen) atoms. The number of ether oxygens (including phenoxy) is 1. The number of amides is 2. The first-order valence-corrected chi connectivity index (χ1v) is 8.87. The molecule has 0 aliphatic carbocycles. The lowest BCUT2D eigenvalue weighted by Gasteiger charge is -2.07. The summed E-state index contributed by atoms with van der Waals surface area (Å²) in [7, 11) is 1.59. The summed E-state index contributed by atoms with van der Waals surface area (Å²) in [6, 6.07) is 14.0. The van der Waals surface area contributed by atoms with Crippen molar-refractivity contribution in [3.8, 4) is 5.75 Å². The summed E-state index contributed by atoms with van der Waals surface area (Å²) in [6.45, 7) is 2.47. The molecule has 2 N–H and O–H groups in total. The van der Waals surface area contributed by atoms with Gasteiger partial charge in [0.15, 0.2) is 5.78 Å². The monoisotopic (exact) mass is 368 g/mol. The first-order valence-electron chi connectivity index (χ1n) is 8.87. The predicted octanol–water partition coefficient (Wildman–Crippen LogP) is 2.98. The third-order valence-electron chi connectivity index (χ3n) is 3.95. The fourth-order valence-electron chi connectivity index (χ4n) is 2.48. The average molecular weight is 368 g/mol. The van der Waals surface area contributed by atoms with Crippen LogP contribution in [0.3, 0.4) is 0 Å². The molecule has 142 valence electrons. The maximum absolute atomic E-state index is 12.2. The normalized spacial score (nSPS) is 10.1. The molecule has 2 rings (SSSR count). The first-order chi connectivity index (χ1) is 13.0. The molecule has 0 spiro atoms. The second-order valence-corrected chi connectivity index (χ2v) is 5.98. The Balaban J connectivity index is 1.81. The van der Waals surface area contributed by atoms with E-state index in [9.17, 15) is 14.4 Å². The van der Waals surface area contributed by atoms with E-state index in [0.717, 1.165) is 5.56 Å². The maximum Gasteiger partial charge on any atom is 0.224 e. The molecule has 2 aromatic carbocycles. The molecule has 0 bridgehead atoms. The van der Waals surface area contributed by atoms with E-state index < -0.39 is 0 Å². The zero-order valence-electron chi connectivity index (χ0n) is 15.6. The van der Waals surface area contributed by atoms with Gasteiger partial charge in [-0.3, -0.25) is 14.4 Å². The number of benzene rings is 2. The van der Waals surface area contributed by atoms with Crippen LogP contribution in [0.1, 0.15) is 35.7 Å². The molecule has 0 aliphatic rings. The molecule has 0 saturated carbocycles. The molecule has 2 amide bonds. The summed E-state index contributed by atoms with van der Waals surface area (Å²) in [5.74, 6) is 0.328.